The summed E-state index contributed by atoms with van der Waals surface area (Å²) in [5.74, 6) is 0.407. The normalized spacial score (nSPS) is 21.1. The number of likely N-dealkylation sites (tertiary alicyclic amines) is 1. The number of aromatic amines is 1. The van der Waals surface area contributed by atoms with Crippen LogP contribution < -0.4 is 5.56 Å². The van der Waals surface area contributed by atoms with E-state index in [1.54, 1.807) is 36.2 Å². The van der Waals surface area contributed by atoms with E-state index in [-0.39, 0.29) is 11.5 Å². The molecule has 0 saturated carbocycles. The Hall–Kier alpha value is -2.50. The Kier molecular flexibility index (Phi) is 3.52. The maximum atomic E-state index is 12.7. The second kappa shape index (κ2) is 5.36. The van der Waals surface area contributed by atoms with Crippen molar-refractivity contribution in [3.63, 3.8) is 0 Å². The van der Waals surface area contributed by atoms with Crippen molar-refractivity contribution < 1.29 is 4.79 Å². The van der Waals surface area contributed by atoms with Gasteiger partial charge in [0, 0.05) is 24.5 Å². The van der Waals surface area contributed by atoms with Crippen LogP contribution in [0.3, 0.4) is 0 Å². The van der Waals surface area contributed by atoms with Gasteiger partial charge < -0.3 is 9.88 Å². The van der Waals surface area contributed by atoms with Crippen molar-refractivity contribution in [3.8, 4) is 0 Å². The van der Waals surface area contributed by atoms with E-state index in [1.165, 1.54) is 6.07 Å². The van der Waals surface area contributed by atoms with E-state index in [0.717, 1.165) is 12.8 Å². The Balaban J connectivity index is 2.01. The van der Waals surface area contributed by atoms with Gasteiger partial charge in [0.15, 0.2) is 0 Å². The van der Waals surface area contributed by atoms with E-state index in [0.29, 0.717) is 23.8 Å². The number of nitrogens with one attached hydrogen (secondary N) is 1. The van der Waals surface area contributed by atoms with Gasteiger partial charge in [-0.3, -0.25) is 14.6 Å². The lowest BCUT2D eigenvalue weighted by Gasteiger charge is -2.34. The van der Waals surface area contributed by atoms with Crippen LogP contribution in [0.25, 0.3) is 0 Å². The number of rotatable bonds is 2. The lowest BCUT2D eigenvalue weighted by Crippen LogP contribution is -2.45. The van der Waals surface area contributed by atoms with Crippen LogP contribution in [0.5, 0.6) is 0 Å². The lowest BCUT2D eigenvalue weighted by molar-refractivity contribution is 0.0597. The zero-order chi connectivity index (χ0) is 15.7. The average Bonchev–Trinajstić information content (AvgIpc) is 2.90. The fourth-order valence-electron chi connectivity index (χ4n) is 3.00. The molecule has 3 rings (SSSR count). The minimum atomic E-state index is -0.611. The minimum Gasteiger partial charge on any atom is -0.325 e. The number of nitrogens with zero attached hydrogens (tertiary/aromatic N) is 3. The topological polar surface area (TPSA) is 79.0 Å². The highest BCUT2D eigenvalue weighted by Crippen LogP contribution is 2.37. The van der Waals surface area contributed by atoms with Crippen LogP contribution in [-0.4, -0.2) is 32.3 Å². The molecule has 1 aliphatic heterocycles. The monoisotopic (exact) mass is 298 g/mol. The van der Waals surface area contributed by atoms with Crippen molar-refractivity contribution in [2.24, 2.45) is 0 Å². The first kappa shape index (κ1) is 14.4. The molecule has 22 heavy (non-hydrogen) atoms. The van der Waals surface area contributed by atoms with Crippen LogP contribution in [0.2, 0.25) is 0 Å². The van der Waals surface area contributed by atoms with Crippen LogP contribution in [-0.2, 0) is 5.54 Å². The molecule has 1 fully saturated rings. The van der Waals surface area contributed by atoms with Gasteiger partial charge in [-0.1, -0.05) is 6.07 Å². The van der Waals surface area contributed by atoms with Gasteiger partial charge >= 0.3 is 0 Å². The highest BCUT2D eigenvalue weighted by Gasteiger charge is 2.43. The van der Waals surface area contributed by atoms with Gasteiger partial charge in [-0.15, -0.1) is 0 Å². The van der Waals surface area contributed by atoms with Crippen molar-refractivity contribution in [2.75, 3.05) is 6.54 Å². The zero-order valence-electron chi connectivity index (χ0n) is 12.7. The second-order valence-electron chi connectivity index (χ2n) is 5.78. The van der Waals surface area contributed by atoms with Crippen LogP contribution in [0.1, 0.15) is 41.8 Å². The number of aromatic nitrogens is 3. The van der Waals surface area contributed by atoms with Crippen molar-refractivity contribution in [2.45, 2.75) is 32.2 Å². The molecule has 0 spiro atoms. The highest BCUT2D eigenvalue weighted by molar-refractivity contribution is 5.93. The number of hydrogen-bond acceptors (Lipinski definition) is 4. The third-order valence-electron chi connectivity index (χ3n) is 4.15. The summed E-state index contributed by atoms with van der Waals surface area (Å²) in [6.45, 7) is 4.35. The summed E-state index contributed by atoms with van der Waals surface area (Å²) in [5.41, 5.74) is 0.253. The number of amides is 1. The van der Waals surface area contributed by atoms with Crippen molar-refractivity contribution in [1.82, 2.24) is 19.9 Å². The Labute approximate surface area is 128 Å². The van der Waals surface area contributed by atoms with Crippen molar-refractivity contribution in [3.05, 3.63) is 58.0 Å². The third-order valence-corrected chi connectivity index (χ3v) is 4.15. The molecule has 3 heterocycles. The number of hydrogen-bond donors (Lipinski definition) is 1. The summed E-state index contributed by atoms with van der Waals surface area (Å²) in [6.07, 6.45) is 3.23. The summed E-state index contributed by atoms with van der Waals surface area (Å²) in [7, 11) is 0. The van der Waals surface area contributed by atoms with Gasteiger partial charge in [0.2, 0.25) is 0 Å². The van der Waals surface area contributed by atoms with Gasteiger partial charge in [0.1, 0.15) is 11.5 Å². The van der Waals surface area contributed by atoms with E-state index >= 15 is 0 Å². The van der Waals surface area contributed by atoms with Gasteiger partial charge in [0.05, 0.1) is 5.54 Å². The van der Waals surface area contributed by atoms with Crippen LogP contribution in [0, 0.1) is 6.92 Å². The molecule has 114 valence electrons. The SMILES string of the molecule is Cc1cc(=O)[nH]c(C2(C)CCCN2C(=O)c2ccccn2)n1. The molecule has 0 aliphatic carbocycles. The summed E-state index contributed by atoms with van der Waals surface area (Å²) in [5, 5.41) is 0. The third kappa shape index (κ3) is 2.41. The van der Waals surface area contributed by atoms with E-state index in [2.05, 4.69) is 15.0 Å². The molecule has 1 atom stereocenters. The fourth-order valence-corrected chi connectivity index (χ4v) is 3.00. The predicted molar refractivity (Wildman–Crippen MR) is 81.5 cm³/mol. The lowest BCUT2D eigenvalue weighted by atomic mass is 9.97. The number of H-pyrrole nitrogens is 1. The average molecular weight is 298 g/mol. The smallest absolute Gasteiger partial charge is 0.273 e. The Morgan fingerprint density at radius 1 is 1.41 bits per heavy atom. The molecule has 1 N–H and O–H groups in total. The molecule has 6 heteroatoms. The standard InChI is InChI=1S/C16H18N4O2/c1-11-10-13(21)19-15(18-11)16(2)7-5-9-20(16)14(22)12-6-3-4-8-17-12/h3-4,6,8,10H,5,7,9H2,1-2H3,(H,18,19,21). The number of carbonyl (C=O) groups is 1. The van der Waals surface area contributed by atoms with E-state index < -0.39 is 5.54 Å². The minimum absolute atomic E-state index is 0.134. The maximum Gasteiger partial charge on any atom is 0.273 e. The molecular formula is C16H18N4O2. The molecule has 6 nitrogen and oxygen atoms in total. The van der Waals surface area contributed by atoms with Crippen molar-refractivity contribution >= 4 is 5.91 Å². The Bertz CT molecular complexity index is 756. The molecule has 0 bridgehead atoms. The fraction of sp³-hybridized carbons (Fsp3) is 0.375. The number of aryl methyl sites for hydroxylation is 1. The summed E-state index contributed by atoms with van der Waals surface area (Å²) in [4.78, 5) is 37.6. The molecular weight excluding hydrogens is 280 g/mol. The molecule has 0 radical (unpaired) electrons. The zero-order valence-corrected chi connectivity index (χ0v) is 12.7. The molecule has 0 aromatic carbocycles. The maximum absolute atomic E-state index is 12.7. The van der Waals surface area contributed by atoms with Crippen LogP contribution >= 0.6 is 0 Å². The summed E-state index contributed by atoms with van der Waals surface area (Å²) < 4.78 is 0. The van der Waals surface area contributed by atoms with E-state index in [4.69, 9.17) is 0 Å². The van der Waals surface area contributed by atoms with Gasteiger partial charge in [-0.2, -0.15) is 0 Å². The van der Waals surface area contributed by atoms with E-state index in [1.807, 2.05) is 6.92 Å². The molecule has 1 aliphatic rings. The van der Waals surface area contributed by atoms with Gasteiger partial charge in [-0.25, -0.2) is 4.98 Å². The first-order valence-corrected chi connectivity index (χ1v) is 7.32. The van der Waals surface area contributed by atoms with Crippen molar-refractivity contribution in [1.29, 1.82) is 0 Å². The van der Waals surface area contributed by atoms with Gasteiger partial charge in [-0.05, 0) is 38.8 Å². The number of carbonyl (C=O) groups excluding carboxylic acids is 1. The molecule has 1 saturated heterocycles. The van der Waals surface area contributed by atoms with Crippen LogP contribution in [0.4, 0.5) is 0 Å². The Morgan fingerprint density at radius 3 is 2.91 bits per heavy atom. The molecule has 1 unspecified atom stereocenters. The summed E-state index contributed by atoms with van der Waals surface area (Å²) in [6, 6.07) is 6.72. The van der Waals surface area contributed by atoms with Crippen LogP contribution in [0.15, 0.2) is 35.3 Å². The second-order valence-corrected chi connectivity index (χ2v) is 5.78. The molecule has 1 amide bonds. The van der Waals surface area contributed by atoms with E-state index in [9.17, 15) is 9.59 Å². The predicted octanol–water partition coefficient (Wildman–Crippen LogP) is 1.62. The summed E-state index contributed by atoms with van der Waals surface area (Å²) >= 11 is 0. The quantitative estimate of drug-likeness (QED) is 0.914. The first-order valence-electron chi connectivity index (χ1n) is 7.32. The largest absolute Gasteiger partial charge is 0.325 e. The Morgan fingerprint density at radius 2 is 2.23 bits per heavy atom. The molecule has 2 aromatic heterocycles. The highest BCUT2D eigenvalue weighted by atomic mass is 16.2. The first-order chi connectivity index (χ1) is 10.5. The number of pyridine rings is 1. The van der Waals surface area contributed by atoms with Gasteiger partial charge in [0.25, 0.3) is 11.5 Å². The molecule has 2 aromatic rings.